The minimum absolute atomic E-state index is 0.582. The van der Waals surface area contributed by atoms with E-state index < -0.39 is 0 Å². The fraction of sp³-hybridized carbons (Fsp3) is 1.00. The largest absolute Gasteiger partial charge is 0.385 e. The van der Waals surface area contributed by atoms with E-state index >= 15 is 0 Å². The SMILES string of the molecule is COCCC1CNC12CCC2. The zero-order chi connectivity index (χ0) is 7.73. The first-order chi connectivity index (χ1) is 5.37. The van der Waals surface area contributed by atoms with E-state index in [-0.39, 0.29) is 0 Å². The van der Waals surface area contributed by atoms with Gasteiger partial charge in [0, 0.05) is 25.8 Å². The van der Waals surface area contributed by atoms with Gasteiger partial charge in [0.2, 0.25) is 0 Å². The van der Waals surface area contributed by atoms with Crippen molar-refractivity contribution >= 4 is 0 Å². The van der Waals surface area contributed by atoms with Crippen molar-refractivity contribution in [3.05, 3.63) is 0 Å². The molecule has 2 heteroatoms. The lowest BCUT2D eigenvalue weighted by Gasteiger charge is -2.57. The molecule has 1 saturated carbocycles. The molecule has 64 valence electrons. The number of ether oxygens (including phenoxy) is 1. The van der Waals surface area contributed by atoms with Crippen molar-refractivity contribution in [1.29, 1.82) is 0 Å². The standard InChI is InChI=1S/C9H17NO/c1-11-6-3-8-7-10-9(8)4-2-5-9/h8,10H,2-7H2,1H3. The molecule has 0 aromatic rings. The van der Waals surface area contributed by atoms with Gasteiger partial charge in [-0.2, -0.15) is 0 Å². The fourth-order valence-electron chi connectivity index (χ4n) is 2.32. The first-order valence-corrected chi connectivity index (χ1v) is 4.61. The van der Waals surface area contributed by atoms with Crippen LogP contribution in [0.4, 0.5) is 0 Å². The second-order valence-electron chi connectivity index (χ2n) is 3.87. The van der Waals surface area contributed by atoms with Gasteiger partial charge in [0.15, 0.2) is 0 Å². The van der Waals surface area contributed by atoms with Gasteiger partial charge >= 0.3 is 0 Å². The molecule has 1 atom stereocenters. The third kappa shape index (κ3) is 1.09. The molecule has 11 heavy (non-hydrogen) atoms. The number of hydrogen-bond donors (Lipinski definition) is 1. The molecule has 2 nitrogen and oxygen atoms in total. The van der Waals surface area contributed by atoms with Crippen LogP contribution in [0.25, 0.3) is 0 Å². The summed E-state index contributed by atoms with van der Waals surface area (Å²) in [5, 5.41) is 3.56. The number of rotatable bonds is 3. The maximum atomic E-state index is 5.08. The molecule has 0 amide bonds. The average Bonchev–Trinajstić information content (AvgIpc) is 1.83. The predicted molar refractivity (Wildman–Crippen MR) is 44.6 cm³/mol. The minimum Gasteiger partial charge on any atom is -0.385 e. The van der Waals surface area contributed by atoms with Crippen LogP contribution in [0.15, 0.2) is 0 Å². The highest BCUT2D eigenvalue weighted by atomic mass is 16.5. The number of methoxy groups -OCH3 is 1. The molecule has 1 heterocycles. The van der Waals surface area contributed by atoms with Gasteiger partial charge in [-0.05, 0) is 31.6 Å². The van der Waals surface area contributed by atoms with Crippen LogP contribution in [0.1, 0.15) is 25.7 Å². The lowest BCUT2D eigenvalue weighted by molar-refractivity contribution is 0.00103. The summed E-state index contributed by atoms with van der Waals surface area (Å²) in [4.78, 5) is 0. The summed E-state index contributed by atoms with van der Waals surface area (Å²) in [5.41, 5.74) is 0.582. The van der Waals surface area contributed by atoms with E-state index in [2.05, 4.69) is 5.32 Å². The Morgan fingerprint density at radius 1 is 1.55 bits per heavy atom. The third-order valence-electron chi connectivity index (χ3n) is 3.40. The van der Waals surface area contributed by atoms with E-state index in [1.807, 2.05) is 0 Å². The topological polar surface area (TPSA) is 21.3 Å². The zero-order valence-corrected chi connectivity index (χ0v) is 7.23. The molecule has 2 fully saturated rings. The molecule has 0 radical (unpaired) electrons. The van der Waals surface area contributed by atoms with E-state index in [0.29, 0.717) is 5.54 Å². The Hall–Kier alpha value is -0.0800. The maximum absolute atomic E-state index is 5.08. The monoisotopic (exact) mass is 155 g/mol. The van der Waals surface area contributed by atoms with Gasteiger partial charge in [-0.1, -0.05) is 0 Å². The molecular formula is C9H17NO. The third-order valence-corrected chi connectivity index (χ3v) is 3.40. The highest BCUT2D eigenvalue weighted by Crippen LogP contribution is 2.45. The highest BCUT2D eigenvalue weighted by molar-refractivity contribution is 5.08. The summed E-state index contributed by atoms with van der Waals surface area (Å²) in [6.45, 7) is 2.16. The van der Waals surface area contributed by atoms with Crippen LogP contribution in [-0.4, -0.2) is 25.8 Å². The predicted octanol–water partition coefficient (Wildman–Crippen LogP) is 1.16. The van der Waals surface area contributed by atoms with Gasteiger partial charge < -0.3 is 10.1 Å². The molecule has 0 aromatic carbocycles. The van der Waals surface area contributed by atoms with Crippen molar-refractivity contribution in [2.75, 3.05) is 20.3 Å². The molecule has 1 N–H and O–H groups in total. The molecule has 2 rings (SSSR count). The Bertz CT molecular complexity index is 137. The van der Waals surface area contributed by atoms with Crippen LogP contribution in [0.5, 0.6) is 0 Å². The van der Waals surface area contributed by atoms with Crippen molar-refractivity contribution in [2.24, 2.45) is 5.92 Å². The molecule has 1 aliphatic carbocycles. The smallest absolute Gasteiger partial charge is 0.0466 e. The number of hydrogen-bond acceptors (Lipinski definition) is 2. The van der Waals surface area contributed by atoms with Crippen molar-refractivity contribution < 1.29 is 4.74 Å². The number of nitrogens with one attached hydrogen (secondary N) is 1. The summed E-state index contributed by atoms with van der Waals surface area (Å²) in [5.74, 6) is 0.913. The molecule has 1 unspecified atom stereocenters. The van der Waals surface area contributed by atoms with Crippen LogP contribution in [0.2, 0.25) is 0 Å². The maximum Gasteiger partial charge on any atom is 0.0466 e. The van der Waals surface area contributed by atoms with E-state index in [9.17, 15) is 0 Å². The van der Waals surface area contributed by atoms with Crippen molar-refractivity contribution in [1.82, 2.24) is 5.32 Å². The summed E-state index contributed by atoms with van der Waals surface area (Å²) >= 11 is 0. The zero-order valence-electron chi connectivity index (χ0n) is 7.23. The molecule has 0 aromatic heterocycles. The van der Waals surface area contributed by atoms with Crippen molar-refractivity contribution in [3.63, 3.8) is 0 Å². The summed E-state index contributed by atoms with van der Waals surface area (Å²) in [7, 11) is 1.79. The molecular weight excluding hydrogens is 138 g/mol. The van der Waals surface area contributed by atoms with Gasteiger partial charge in [-0.25, -0.2) is 0 Å². The molecule has 0 bridgehead atoms. The van der Waals surface area contributed by atoms with Crippen LogP contribution >= 0.6 is 0 Å². The molecule has 1 spiro atoms. The quantitative estimate of drug-likeness (QED) is 0.660. The Labute approximate surface area is 68.3 Å². The molecule has 1 aliphatic heterocycles. The first-order valence-electron chi connectivity index (χ1n) is 4.61. The lowest BCUT2D eigenvalue weighted by atomic mass is 9.62. The van der Waals surface area contributed by atoms with E-state index in [1.54, 1.807) is 7.11 Å². The van der Waals surface area contributed by atoms with Crippen molar-refractivity contribution in [3.8, 4) is 0 Å². The second kappa shape index (κ2) is 2.76. The lowest BCUT2D eigenvalue weighted by Crippen LogP contribution is -2.68. The summed E-state index contributed by atoms with van der Waals surface area (Å²) in [6.07, 6.45) is 5.49. The van der Waals surface area contributed by atoms with Crippen LogP contribution in [0, 0.1) is 5.92 Å². The average molecular weight is 155 g/mol. The Morgan fingerprint density at radius 2 is 2.36 bits per heavy atom. The van der Waals surface area contributed by atoms with Gasteiger partial charge in [0.05, 0.1) is 0 Å². The second-order valence-corrected chi connectivity index (χ2v) is 3.87. The van der Waals surface area contributed by atoms with Crippen LogP contribution in [0.3, 0.4) is 0 Å². The van der Waals surface area contributed by atoms with Gasteiger partial charge in [0.25, 0.3) is 0 Å². The molecule has 1 saturated heterocycles. The fourth-order valence-corrected chi connectivity index (χ4v) is 2.32. The van der Waals surface area contributed by atoms with Gasteiger partial charge in [-0.15, -0.1) is 0 Å². The van der Waals surface area contributed by atoms with E-state index in [4.69, 9.17) is 4.74 Å². The Balaban J connectivity index is 1.77. The van der Waals surface area contributed by atoms with Gasteiger partial charge in [-0.3, -0.25) is 0 Å². The summed E-state index contributed by atoms with van der Waals surface area (Å²) < 4.78 is 5.08. The van der Waals surface area contributed by atoms with Crippen molar-refractivity contribution in [2.45, 2.75) is 31.2 Å². The highest BCUT2D eigenvalue weighted by Gasteiger charge is 2.49. The van der Waals surface area contributed by atoms with E-state index in [0.717, 1.165) is 12.5 Å². The normalized spacial score (nSPS) is 33.0. The summed E-state index contributed by atoms with van der Waals surface area (Å²) in [6, 6.07) is 0. The minimum atomic E-state index is 0.582. The first kappa shape index (κ1) is 7.56. The Kier molecular flexibility index (Phi) is 1.90. The van der Waals surface area contributed by atoms with Crippen LogP contribution in [-0.2, 0) is 4.74 Å². The van der Waals surface area contributed by atoms with Crippen LogP contribution < -0.4 is 5.32 Å². The van der Waals surface area contributed by atoms with Gasteiger partial charge in [0.1, 0.15) is 0 Å². The van der Waals surface area contributed by atoms with E-state index in [1.165, 1.54) is 32.2 Å². The molecule has 2 aliphatic rings. The Morgan fingerprint density at radius 3 is 2.73 bits per heavy atom.